The maximum Gasteiger partial charge on any atom is 0.225 e. The quantitative estimate of drug-likeness (QED) is 0.677. The van der Waals surface area contributed by atoms with Crippen molar-refractivity contribution in [3.8, 4) is 0 Å². The molecule has 7 nitrogen and oxygen atoms in total. The summed E-state index contributed by atoms with van der Waals surface area (Å²) < 4.78 is 13.7. The van der Waals surface area contributed by atoms with Gasteiger partial charge in [-0.25, -0.2) is 24.3 Å². The number of aliphatic hydroxyl groups is 1. The van der Waals surface area contributed by atoms with Crippen molar-refractivity contribution in [2.45, 2.75) is 32.2 Å². The Morgan fingerprint density at radius 1 is 1.29 bits per heavy atom. The van der Waals surface area contributed by atoms with Gasteiger partial charge in [0.1, 0.15) is 18.0 Å². The molecule has 28 heavy (non-hydrogen) atoms. The van der Waals surface area contributed by atoms with Crippen molar-refractivity contribution in [1.82, 2.24) is 19.9 Å². The lowest BCUT2D eigenvalue weighted by atomic mass is 9.93. The van der Waals surface area contributed by atoms with Gasteiger partial charge in [0.25, 0.3) is 0 Å². The summed E-state index contributed by atoms with van der Waals surface area (Å²) >= 11 is 0. The second kappa shape index (κ2) is 8.02. The average molecular weight is 382 g/mol. The summed E-state index contributed by atoms with van der Waals surface area (Å²) in [5.41, 5.74) is 2.88. The van der Waals surface area contributed by atoms with E-state index < -0.39 is 0 Å². The molecule has 1 aromatic carbocycles. The van der Waals surface area contributed by atoms with Crippen molar-refractivity contribution in [3.63, 3.8) is 0 Å². The van der Waals surface area contributed by atoms with Crippen molar-refractivity contribution in [3.05, 3.63) is 47.8 Å². The third-order valence-corrected chi connectivity index (χ3v) is 5.11. The van der Waals surface area contributed by atoms with Gasteiger partial charge in [-0.15, -0.1) is 0 Å². The van der Waals surface area contributed by atoms with Gasteiger partial charge in [-0.3, -0.25) is 0 Å². The molecule has 0 bridgehead atoms. The Kier molecular flexibility index (Phi) is 5.29. The fourth-order valence-electron chi connectivity index (χ4n) is 3.63. The zero-order valence-electron chi connectivity index (χ0n) is 15.8. The Hall–Kier alpha value is -2.87. The molecule has 2 aromatic heterocycles. The molecule has 2 N–H and O–H groups in total. The van der Waals surface area contributed by atoms with E-state index in [-0.39, 0.29) is 18.5 Å². The number of hydrogen-bond donors (Lipinski definition) is 2. The summed E-state index contributed by atoms with van der Waals surface area (Å²) in [5, 5.41) is 13.3. The number of anilines is 2. The highest BCUT2D eigenvalue weighted by Crippen LogP contribution is 2.26. The number of rotatable bonds is 6. The molecule has 1 atom stereocenters. The van der Waals surface area contributed by atoms with Crippen LogP contribution in [0.5, 0.6) is 0 Å². The molecule has 8 heteroatoms. The number of fused-ring (bicyclic) bond motifs is 2. The summed E-state index contributed by atoms with van der Waals surface area (Å²) in [4.78, 5) is 19.7. The Labute approximate surface area is 162 Å². The first-order chi connectivity index (χ1) is 13.7. The molecule has 146 valence electrons. The number of aromatic nitrogens is 4. The smallest absolute Gasteiger partial charge is 0.225 e. The molecule has 3 aromatic rings. The highest BCUT2D eigenvalue weighted by atomic mass is 19.1. The van der Waals surface area contributed by atoms with E-state index >= 15 is 0 Å². The van der Waals surface area contributed by atoms with Crippen LogP contribution in [0, 0.1) is 5.82 Å². The summed E-state index contributed by atoms with van der Waals surface area (Å²) in [7, 11) is 0. The SMILES string of the molecule is CCN(CCO)c1ncc2c(n1)CCC(Nc1ncnc3ccc(F)cc13)C2. The van der Waals surface area contributed by atoms with E-state index in [4.69, 9.17) is 4.98 Å². The van der Waals surface area contributed by atoms with Gasteiger partial charge >= 0.3 is 0 Å². The van der Waals surface area contributed by atoms with Gasteiger partial charge in [-0.05, 0) is 49.9 Å². The summed E-state index contributed by atoms with van der Waals surface area (Å²) in [5.74, 6) is 1.01. The highest BCUT2D eigenvalue weighted by molar-refractivity contribution is 5.88. The number of halogens is 1. The van der Waals surface area contributed by atoms with Crippen LogP contribution in [0.3, 0.4) is 0 Å². The Morgan fingerprint density at radius 2 is 2.18 bits per heavy atom. The summed E-state index contributed by atoms with van der Waals surface area (Å²) in [6, 6.07) is 4.70. The molecule has 0 amide bonds. The predicted octanol–water partition coefficient (Wildman–Crippen LogP) is 2.35. The zero-order chi connectivity index (χ0) is 19.5. The largest absolute Gasteiger partial charge is 0.395 e. The van der Waals surface area contributed by atoms with Crippen LogP contribution in [-0.4, -0.2) is 50.8 Å². The lowest BCUT2D eigenvalue weighted by Gasteiger charge is -2.27. The molecule has 0 spiro atoms. The van der Waals surface area contributed by atoms with Crippen LogP contribution in [-0.2, 0) is 12.8 Å². The van der Waals surface area contributed by atoms with E-state index in [0.717, 1.165) is 37.1 Å². The third-order valence-electron chi connectivity index (χ3n) is 5.11. The minimum Gasteiger partial charge on any atom is -0.395 e. The van der Waals surface area contributed by atoms with Gasteiger partial charge in [-0.2, -0.15) is 0 Å². The van der Waals surface area contributed by atoms with Crippen LogP contribution in [0.25, 0.3) is 10.9 Å². The van der Waals surface area contributed by atoms with Gasteiger partial charge in [0, 0.05) is 36.4 Å². The van der Waals surface area contributed by atoms with Crippen molar-refractivity contribution in [2.24, 2.45) is 0 Å². The Morgan fingerprint density at radius 3 is 3.00 bits per heavy atom. The molecule has 0 radical (unpaired) electrons. The second-order valence-electron chi connectivity index (χ2n) is 6.91. The van der Waals surface area contributed by atoms with Gasteiger partial charge < -0.3 is 15.3 Å². The lowest BCUT2D eigenvalue weighted by molar-refractivity contribution is 0.301. The van der Waals surface area contributed by atoms with Crippen LogP contribution >= 0.6 is 0 Å². The zero-order valence-corrected chi connectivity index (χ0v) is 15.8. The molecule has 0 saturated carbocycles. The van der Waals surface area contributed by atoms with Crippen molar-refractivity contribution in [2.75, 3.05) is 29.9 Å². The summed E-state index contributed by atoms with van der Waals surface area (Å²) in [6.07, 6.45) is 5.88. The number of nitrogens with one attached hydrogen (secondary N) is 1. The van der Waals surface area contributed by atoms with Gasteiger partial charge in [0.15, 0.2) is 0 Å². The van der Waals surface area contributed by atoms with Crippen LogP contribution in [0.2, 0.25) is 0 Å². The van der Waals surface area contributed by atoms with E-state index in [2.05, 4.69) is 20.3 Å². The fraction of sp³-hybridized carbons (Fsp3) is 0.400. The van der Waals surface area contributed by atoms with Gasteiger partial charge in [-0.1, -0.05) is 0 Å². The number of benzene rings is 1. The van der Waals surface area contributed by atoms with E-state index in [1.165, 1.54) is 18.5 Å². The minimum atomic E-state index is -0.302. The summed E-state index contributed by atoms with van der Waals surface area (Å²) in [6.45, 7) is 3.37. The number of hydrogen-bond acceptors (Lipinski definition) is 7. The molecule has 2 heterocycles. The van der Waals surface area contributed by atoms with E-state index in [1.807, 2.05) is 18.0 Å². The topological polar surface area (TPSA) is 87.1 Å². The maximum atomic E-state index is 13.7. The van der Waals surface area contributed by atoms with E-state index in [0.29, 0.717) is 29.2 Å². The molecule has 0 saturated heterocycles. The van der Waals surface area contributed by atoms with Gasteiger partial charge in [0.2, 0.25) is 5.95 Å². The average Bonchev–Trinajstić information content (AvgIpc) is 2.72. The number of nitrogens with zero attached hydrogens (tertiary/aromatic N) is 5. The lowest BCUT2D eigenvalue weighted by Crippen LogP contribution is -2.31. The third kappa shape index (κ3) is 3.73. The Balaban J connectivity index is 1.53. The monoisotopic (exact) mass is 382 g/mol. The first-order valence-corrected chi connectivity index (χ1v) is 9.55. The molecular weight excluding hydrogens is 359 g/mol. The molecule has 1 aliphatic rings. The van der Waals surface area contributed by atoms with Gasteiger partial charge in [0.05, 0.1) is 12.1 Å². The van der Waals surface area contributed by atoms with Crippen LogP contribution in [0.1, 0.15) is 24.6 Å². The number of likely N-dealkylation sites (N-methyl/N-ethyl adjacent to an activating group) is 1. The first-order valence-electron chi connectivity index (χ1n) is 9.55. The molecular formula is C20H23FN6O. The fourth-order valence-corrected chi connectivity index (χ4v) is 3.63. The molecule has 4 rings (SSSR count). The standard InChI is InChI=1S/C20H23FN6O/c1-2-27(7-8-28)20-22-11-13-9-15(4-6-17(13)26-20)25-19-16-10-14(21)3-5-18(16)23-12-24-19/h3,5,10-12,15,28H,2,4,6-9H2,1H3,(H,23,24,25). The van der Waals surface area contributed by atoms with Crippen LogP contribution in [0.15, 0.2) is 30.7 Å². The molecule has 0 aliphatic heterocycles. The number of aliphatic hydroxyl groups excluding tert-OH is 1. The molecule has 0 fully saturated rings. The highest BCUT2D eigenvalue weighted by Gasteiger charge is 2.22. The maximum absolute atomic E-state index is 13.7. The van der Waals surface area contributed by atoms with Crippen molar-refractivity contribution >= 4 is 22.7 Å². The first kappa shape index (κ1) is 18.5. The van der Waals surface area contributed by atoms with Crippen molar-refractivity contribution < 1.29 is 9.50 Å². The van der Waals surface area contributed by atoms with E-state index in [1.54, 1.807) is 6.07 Å². The second-order valence-corrected chi connectivity index (χ2v) is 6.91. The normalized spacial score (nSPS) is 16.0. The van der Waals surface area contributed by atoms with Crippen LogP contribution < -0.4 is 10.2 Å². The molecule has 1 aliphatic carbocycles. The van der Waals surface area contributed by atoms with Crippen molar-refractivity contribution in [1.29, 1.82) is 0 Å². The van der Waals surface area contributed by atoms with E-state index in [9.17, 15) is 9.50 Å². The predicted molar refractivity (Wildman–Crippen MR) is 106 cm³/mol. The molecule has 1 unspecified atom stereocenters. The Bertz CT molecular complexity index is 982. The number of aryl methyl sites for hydroxylation is 1. The minimum absolute atomic E-state index is 0.0771. The van der Waals surface area contributed by atoms with Crippen LogP contribution in [0.4, 0.5) is 16.2 Å².